The molecule has 0 aliphatic carbocycles. The summed E-state index contributed by atoms with van der Waals surface area (Å²) in [6, 6.07) is 18.8. The molecule has 3 heterocycles. The van der Waals surface area contributed by atoms with Crippen molar-refractivity contribution in [1.29, 1.82) is 0 Å². The molecular formula is C30H26N2O5. The van der Waals surface area contributed by atoms with Gasteiger partial charge in [0.05, 0.1) is 37.8 Å². The van der Waals surface area contributed by atoms with Crippen LogP contribution in [0, 0.1) is 18.8 Å². The number of para-hydroxylation sites is 1. The third-order valence-corrected chi connectivity index (χ3v) is 7.64. The molecule has 2 saturated heterocycles. The number of benzene rings is 3. The van der Waals surface area contributed by atoms with Crippen molar-refractivity contribution < 1.29 is 23.9 Å². The van der Waals surface area contributed by atoms with E-state index in [4.69, 9.17) is 9.47 Å². The second kappa shape index (κ2) is 8.62. The number of methoxy groups -OCH3 is 2. The zero-order valence-electron chi connectivity index (χ0n) is 20.8. The summed E-state index contributed by atoms with van der Waals surface area (Å²) in [6.07, 6.45) is 3.93. The number of carbonyl (C=O) groups excluding carboxylic acids is 3. The number of imide groups is 1. The SMILES string of the molecule is COc1ccc(C(=O)[C@@H]2[C@@H]3C(=O)N(c4ccc(C)cc4)C(=O)[C@@H]3[C@H]3C=Cc4ccccc4N32)cc1OC. The van der Waals surface area contributed by atoms with E-state index >= 15 is 0 Å². The molecule has 2 amide bonds. The van der Waals surface area contributed by atoms with E-state index in [1.807, 2.05) is 60.4 Å². The monoisotopic (exact) mass is 494 g/mol. The Labute approximate surface area is 214 Å². The lowest BCUT2D eigenvalue weighted by Gasteiger charge is -2.36. The smallest absolute Gasteiger partial charge is 0.240 e. The fourth-order valence-corrected chi connectivity index (χ4v) is 5.92. The van der Waals surface area contributed by atoms with Gasteiger partial charge >= 0.3 is 0 Å². The van der Waals surface area contributed by atoms with Gasteiger partial charge in [-0.1, -0.05) is 48.0 Å². The molecule has 6 rings (SSSR count). The number of anilines is 2. The van der Waals surface area contributed by atoms with Crippen LogP contribution >= 0.6 is 0 Å². The number of Topliss-reactive ketones (excluding diaryl/α,β-unsaturated/α-hetero) is 1. The van der Waals surface area contributed by atoms with Crippen molar-refractivity contribution in [2.24, 2.45) is 11.8 Å². The summed E-state index contributed by atoms with van der Waals surface area (Å²) in [5.41, 5.74) is 3.73. The second-order valence-electron chi connectivity index (χ2n) is 9.59. The maximum absolute atomic E-state index is 14.2. The first-order valence-corrected chi connectivity index (χ1v) is 12.2. The van der Waals surface area contributed by atoms with Gasteiger partial charge in [-0.2, -0.15) is 0 Å². The molecule has 0 radical (unpaired) electrons. The molecule has 3 aromatic carbocycles. The van der Waals surface area contributed by atoms with E-state index in [0.29, 0.717) is 22.7 Å². The Bertz CT molecular complexity index is 1460. The Kier molecular flexibility index (Phi) is 5.37. The zero-order chi connectivity index (χ0) is 25.8. The highest BCUT2D eigenvalue weighted by molar-refractivity contribution is 6.25. The van der Waals surface area contributed by atoms with Crippen LogP contribution in [0.2, 0.25) is 0 Å². The Morgan fingerprint density at radius 3 is 2.27 bits per heavy atom. The minimum absolute atomic E-state index is 0.240. The van der Waals surface area contributed by atoms with Gasteiger partial charge in [-0.15, -0.1) is 0 Å². The number of carbonyl (C=O) groups is 3. The van der Waals surface area contributed by atoms with Gasteiger partial charge in [0, 0.05) is 11.3 Å². The van der Waals surface area contributed by atoms with E-state index in [-0.39, 0.29) is 17.6 Å². The lowest BCUT2D eigenvalue weighted by atomic mass is 9.86. The van der Waals surface area contributed by atoms with Crippen molar-refractivity contribution in [3.05, 3.63) is 89.5 Å². The van der Waals surface area contributed by atoms with E-state index in [2.05, 4.69) is 0 Å². The predicted octanol–water partition coefficient (Wildman–Crippen LogP) is 4.28. The largest absolute Gasteiger partial charge is 0.493 e. The van der Waals surface area contributed by atoms with Crippen molar-refractivity contribution in [3.8, 4) is 11.5 Å². The molecule has 2 fully saturated rings. The maximum atomic E-state index is 14.2. The van der Waals surface area contributed by atoms with E-state index < -0.39 is 23.9 Å². The Balaban J connectivity index is 1.48. The first-order chi connectivity index (χ1) is 17.9. The van der Waals surface area contributed by atoms with Gasteiger partial charge in [-0.3, -0.25) is 14.4 Å². The standard InChI is InChI=1S/C30H26N2O5/c1-17-8-12-20(13-9-17)31-29(34)25-22-14-10-18-6-4-5-7-21(18)32(22)27(26(25)30(31)35)28(33)19-11-15-23(36-2)24(16-19)37-3/h4-16,22,25-27H,1-3H3/t22-,25-,26-,27+/m1/s1. The topological polar surface area (TPSA) is 76.2 Å². The van der Waals surface area contributed by atoms with Crippen molar-refractivity contribution in [3.63, 3.8) is 0 Å². The van der Waals surface area contributed by atoms with Gasteiger partial charge in [0.25, 0.3) is 0 Å². The molecule has 0 N–H and O–H groups in total. The fraction of sp³-hybridized carbons (Fsp3) is 0.233. The highest BCUT2D eigenvalue weighted by Crippen LogP contribution is 2.50. The van der Waals surface area contributed by atoms with E-state index in [1.54, 1.807) is 30.3 Å². The number of hydrogen-bond acceptors (Lipinski definition) is 6. The molecule has 7 heteroatoms. The highest BCUT2D eigenvalue weighted by Gasteiger charge is 2.64. The lowest BCUT2D eigenvalue weighted by molar-refractivity contribution is -0.122. The van der Waals surface area contributed by atoms with Crippen LogP contribution in [-0.4, -0.2) is 43.9 Å². The molecule has 7 nitrogen and oxygen atoms in total. The first kappa shape index (κ1) is 23.0. The molecule has 3 aliphatic heterocycles. The first-order valence-electron chi connectivity index (χ1n) is 12.2. The van der Waals surface area contributed by atoms with Gasteiger partial charge in [-0.05, 0) is 48.9 Å². The Morgan fingerprint density at radius 2 is 1.54 bits per heavy atom. The minimum Gasteiger partial charge on any atom is -0.493 e. The van der Waals surface area contributed by atoms with Gasteiger partial charge in [0.15, 0.2) is 17.3 Å². The zero-order valence-corrected chi connectivity index (χ0v) is 20.8. The van der Waals surface area contributed by atoms with Crippen molar-refractivity contribution in [2.45, 2.75) is 19.0 Å². The van der Waals surface area contributed by atoms with Gasteiger partial charge < -0.3 is 14.4 Å². The third-order valence-electron chi connectivity index (χ3n) is 7.64. The summed E-state index contributed by atoms with van der Waals surface area (Å²) in [5, 5.41) is 0. The average Bonchev–Trinajstić information content (AvgIpc) is 3.41. The quantitative estimate of drug-likeness (QED) is 0.389. The molecular weight excluding hydrogens is 468 g/mol. The van der Waals surface area contributed by atoms with Crippen LogP contribution in [0.1, 0.15) is 21.5 Å². The van der Waals surface area contributed by atoms with Crippen molar-refractivity contribution in [1.82, 2.24) is 0 Å². The average molecular weight is 495 g/mol. The summed E-state index contributed by atoms with van der Waals surface area (Å²) in [7, 11) is 3.04. The maximum Gasteiger partial charge on any atom is 0.240 e. The summed E-state index contributed by atoms with van der Waals surface area (Å²) in [4.78, 5) is 45.2. The number of fused-ring (bicyclic) bond motifs is 5. The van der Waals surface area contributed by atoms with E-state index in [1.165, 1.54) is 19.1 Å². The van der Waals surface area contributed by atoms with Gasteiger partial charge in [0.1, 0.15) is 6.04 Å². The van der Waals surface area contributed by atoms with Crippen LogP contribution in [0.25, 0.3) is 6.08 Å². The van der Waals surface area contributed by atoms with E-state index in [9.17, 15) is 14.4 Å². The summed E-state index contributed by atoms with van der Waals surface area (Å²) >= 11 is 0. The molecule has 3 aromatic rings. The number of nitrogens with zero attached hydrogens (tertiary/aromatic N) is 2. The number of rotatable bonds is 5. The Morgan fingerprint density at radius 1 is 0.838 bits per heavy atom. The van der Waals surface area contributed by atoms with Gasteiger partial charge in [0.2, 0.25) is 11.8 Å². The van der Waals surface area contributed by atoms with E-state index in [0.717, 1.165) is 16.8 Å². The van der Waals surface area contributed by atoms with Crippen LogP contribution in [0.4, 0.5) is 11.4 Å². The van der Waals surface area contributed by atoms with Crippen LogP contribution in [0.15, 0.2) is 72.8 Å². The number of amides is 2. The third kappa shape index (κ3) is 3.38. The molecule has 4 atom stereocenters. The van der Waals surface area contributed by atoms with Crippen LogP contribution in [0.3, 0.4) is 0 Å². The molecule has 0 saturated carbocycles. The molecule has 0 aromatic heterocycles. The predicted molar refractivity (Wildman–Crippen MR) is 140 cm³/mol. The second-order valence-corrected chi connectivity index (χ2v) is 9.59. The number of hydrogen-bond donors (Lipinski definition) is 0. The summed E-state index contributed by atoms with van der Waals surface area (Å²) < 4.78 is 10.8. The summed E-state index contributed by atoms with van der Waals surface area (Å²) in [6.45, 7) is 1.95. The van der Waals surface area contributed by atoms with Gasteiger partial charge in [-0.25, -0.2) is 4.90 Å². The summed E-state index contributed by atoms with van der Waals surface area (Å²) in [5.74, 6) is -1.43. The molecule has 0 bridgehead atoms. The molecule has 37 heavy (non-hydrogen) atoms. The molecule has 0 spiro atoms. The Hall–Kier alpha value is -4.39. The van der Waals surface area contributed by atoms with Crippen LogP contribution in [0.5, 0.6) is 11.5 Å². The number of ketones is 1. The lowest BCUT2D eigenvalue weighted by Crippen LogP contribution is -2.48. The van der Waals surface area contributed by atoms with Crippen LogP contribution in [-0.2, 0) is 9.59 Å². The molecule has 186 valence electrons. The number of ether oxygens (including phenoxy) is 2. The molecule has 0 unspecified atom stereocenters. The minimum atomic E-state index is -0.855. The highest BCUT2D eigenvalue weighted by atomic mass is 16.5. The van der Waals surface area contributed by atoms with Crippen LogP contribution < -0.4 is 19.3 Å². The fourth-order valence-electron chi connectivity index (χ4n) is 5.92. The molecule has 3 aliphatic rings. The van der Waals surface area contributed by atoms with Crippen molar-refractivity contribution >= 4 is 35.0 Å². The van der Waals surface area contributed by atoms with Crippen molar-refractivity contribution in [2.75, 3.05) is 24.0 Å². The normalized spacial score (nSPS) is 23.5. The number of aryl methyl sites for hydroxylation is 1.